The molecule has 0 saturated carbocycles. The second kappa shape index (κ2) is 8.64. The number of carbonyl (C=O) groups is 2. The monoisotopic (exact) mass is 401 g/mol. The summed E-state index contributed by atoms with van der Waals surface area (Å²) >= 11 is 0. The van der Waals surface area contributed by atoms with Gasteiger partial charge in [-0.2, -0.15) is 0 Å². The Hall–Kier alpha value is -2.24. The predicted molar refractivity (Wildman–Crippen MR) is 115 cm³/mol. The van der Waals surface area contributed by atoms with Gasteiger partial charge in [0.2, 0.25) is 0 Å². The summed E-state index contributed by atoms with van der Waals surface area (Å²) in [5.74, 6) is 0.374. The molecule has 6 heteroatoms. The molecule has 0 aliphatic carbocycles. The van der Waals surface area contributed by atoms with Crippen molar-refractivity contribution in [3.05, 3.63) is 29.3 Å². The molecule has 0 radical (unpaired) electrons. The average molecular weight is 402 g/mol. The Morgan fingerprint density at radius 1 is 1.03 bits per heavy atom. The zero-order valence-corrected chi connectivity index (χ0v) is 18.2. The smallest absolute Gasteiger partial charge is 0.410 e. The van der Waals surface area contributed by atoms with Gasteiger partial charge in [0.1, 0.15) is 5.60 Å². The SMILES string of the molecule is CC1CCCCN1C(=O)c1cc(N)cc(C2CCN(C(=O)OC(C)(C)C)CC2)c1. The van der Waals surface area contributed by atoms with Crippen molar-refractivity contribution >= 4 is 17.7 Å². The summed E-state index contributed by atoms with van der Waals surface area (Å²) in [5, 5.41) is 0. The topological polar surface area (TPSA) is 75.9 Å². The fourth-order valence-corrected chi connectivity index (χ4v) is 4.32. The predicted octanol–water partition coefficient (Wildman–Crippen LogP) is 4.40. The number of piperidine rings is 2. The standard InChI is InChI=1S/C23H35N3O3/c1-16-7-5-6-10-26(16)21(27)19-13-18(14-20(24)15-19)17-8-11-25(12-9-17)22(28)29-23(2,3)4/h13-17H,5-12,24H2,1-4H3. The maximum Gasteiger partial charge on any atom is 0.410 e. The van der Waals surface area contributed by atoms with Crippen molar-refractivity contribution in [3.63, 3.8) is 0 Å². The second-order valence-electron chi connectivity index (χ2n) is 9.47. The molecule has 0 bridgehead atoms. The molecule has 29 heavy (non-hydrogen) atoms. The van der Waals surface area contributed by atoms with E-state index in [1.54, 1.807) is 11.0 Å². The molecule has 160 valence electrons. The Bertz CT molecular complexity index is 748. The Balaban J connectivity index is 1.68. The van der Waals surface area contributed by atoms with Crippen molar-refractivity contribution in [1.29, 1.82) is 0 Å². The van der Waals surface area contributed by atoms with Crippen molar-refractivity contribution in [3.8, 4) is 0 Å². The molecule has 2 heterocycles. The lowest BCUT2D eigenvalue weighted by molar-refractivity contribution is 0.0205. The van der Waals surface area contributed by atoms with Crippen molar-refractivity contribution in [1.82, 2.24) is 9.80 Å². The lowest BCUT2D eigenvalue weighted by Gasteiger charge is -2.35. The highest BCUT2D eigenvalue weighted by Gasteiger charge is 2.29. The normalized spacial score (nSPS) is 21.2. The van der Waals surface area contributed by atoms with Gasteiger partial charge in [0.05, 0.1) is 0 Å². The number of carbonyl (C=O) groups excluding carboxylic acids is 2. The number of ether oxygens (including phenoxy) is 1. The highest BCUT2D eigenvalue weighted by atomic mass is 16.6. The number of nitrogen functional groups attached to an aromatic ring is 1. The molecule has 1 unspecified atom stereocenters. The van der Waals surface area contributed by atoms with E-state index >= 15 is 0 Å². The number of benzene rings is 1. The van der Waals surface area contributed by atoms with Crippen LogP contribution in [-0.4, -0.2) is 53.1 Å². The second-order valence-corrected chi connectivity index (χ2v) is 9.47. The molecular formula is C23H35N3O3. The van der Waals surface area contributed by atoms with E-state index in [-0.39, 0.29) is 18.0 Å². The van der Waals surface area contributed by atoms with Gasteiger partial charge < -0.3 is 20.3 Å². The van der Waals surface area contributed by atoms with Crippen molar-refractivity contribution < 1.29 is 14.3 Å². The van der Waals surface area contributed by atoms with Crippen LogP contribution in [0, 0.1) is 0 Å². The van der Waals surface area contributed by atoms with E-state index < -0.39 is 5.60 Å². The summed E-state index contributed by atoms with van der Waals surface area (Å²) in [5.41, 5.74) is 8.09. The van der Waals surface area contributed by atoms with Crippen LogP contribution >= 0.6 is 0 Å². The van der Waals surface area contributed by atoms with Crippen molar-refractivity contribution in [2.45, 2.75) is 77.4 Å². The lowest BCUT2D eigenvalue weighted by atomic mass is 9.88. The number of nitrogens with two attached hydrogens (primary N) is 1. The maximum absolute atomic E-state index is 13.1. The van der Waals surface area contributed by atoms with Gasteiger partial charge in [0.25, 0.3) is 5.91 Å². The van der Waals surface area contributed by atoms with E-state index in [2.05, 4.69) is 6.92 Å². The van der Waals surface area contributed by atoms with E-state index in [0.717, 1.165) is 37.8 Å². The van der Waals surface area contributed by atoms with Gasteiger partial charge in [-0.1, -0.05) is 0 Å². The molecule has 1 aromatic rings. The minimum absolute atomic E-state index is 0.0805. The Kier molecular flexibility index (Phi) is 6.39. The molecule has 1 aromatic carbocycles. The lowest BCUT2D eigenvalue weighted by Crippen LogP contribution is -2.42. The van der Waals surface area contributed by atoms with Gasteiger partial charge in [0.15, 0.2) is 0 Å². The van der Waals surface area contributed by atoms with Crippen LogP contribution in [-0.2, 0) is 4.74 Å². The quantitative estimate of drug-likeness (QED) is 0.745. The molecule has 0 spiro atoms. The fraction of sp³-hybridized carbons (Fsp3) is 0.652. The van der Waals surface area contributed by atoms with Gasteiger partial charge in [-0.15, -0.1) is 0 Å². The average Bonchev–Trinajstić information content (AvgIpc) is 2.66. The third kappa shape index (κ3) is 5.43. The summed E-state index contributed by atoms with van der Waals surface area (Å²) in [6.07, 6.45) is 4.74. The Labute approximate surface area is 174 Å². The number of hydrogen-bond donors (Lipinski definition) is 1. The van der Waals surface area contributed by atoms with Crippen molar-refractivity contribution in [2.75, 3.05) is 25.4 Å². The number of rotatable bonds is 2. The number of nitrogens with zero attached hydrogens (tertiary/aromatic N) is 2. The first-order valence-corrected chi connectivity index (χ1v) is 10.8. The van der Waals surface area contributed by atoms with E-state index in [4.69, 9.17) is 10.5 Å². The van der Waals surface area contributed by atoms with Crippen LogP contribution in [0.5, 0.6) is 0 Å². The third-order valence-corrected chi connectivity index (χ3v) is 5.91. The van der Waals surface area contributed by atoms with Gasteiger partial charge in [-0.3, -0.25) is 4.79 Å². The van der Waals surface area contributed by atoms with Crippen LogP contribution in [0.15, 0.2) is 18.2 Å². The maximum atomic E-state index is 13.1. The zero-order chi connectivity index (χ0) is 21.2. The van der Waals surface area contributed by atoms with Crippen LogP contribution in [0.2, 0.25) is 0 Å². The van der Waals surface area contributed by atoms with Gasteiger partial charge in [-0.05, 0) is 89.5 Å². The van der Waals surface area contributed by atoms with Crippen molar-refractivity contribution in [2.24, 2.45) is 0 Å². The first kappa shape index (κ1) is 21.5. The molecule has 2 N–H and O–H groups in total. The minimum Gasteiger partial charge on any atom is -0.444 e. The minimum atomic E-state index is -0.483. The summed E-state index contributed by atoms with van der Waals surface area (Å²) in [4.78, 5) is 29.1. The van der Waals surface area contributed by atoms with Crippen LogP contribution in [0.4, 0.5) is 10.5 Å². The van der Waals surface area contributed by atoms with Crippen LogP contribution in [0.1, 0.15) is 81.6 Å². The highest BCUT2D eigenvalue weighted by molar-refractivity contribution is 5.95. The summed E-state index contributed by atoms with van der Waals surface area (Å²) < 4.78 is 5.48. The van der Waals surface area contributed by atoms with Gasteiger partial charge in [-0.25, -0.2) is 4.79 Å². The van der Waals surface area contributed by atoms with Gasteiger partial charge >= 0.3 is 6.09 Å². The molecule has 2 amide bonds. The first-order valence-electron chi connectivity index (χ1n) is 10.8. The molecule has 2 aliphatic heterocycles. The van der Waals surface area contributed by atoms with Crippen LogP contribution in [0.3, 0.4) is 0 Å². The molecule has 2 aliphatic rings. The fourth-order valence-electron chi connectivity index (χ4n) is 4.32. The Morgan fingerprint density at radius 3 is 2.34 bits per heavy atom. The van der Waals surface area contributed by atoms with E-state index in [0.29, 0.717) is 30.3 Å². The number of anilines is 1. The van der Waals surface area contributed by atoms with E-state index in [1.807, 2.05) is 37.8 Å². The molecule has 2 saturated heterocycles. The van der Waals surface area contributed by atoms with E-state index in [1.165, 1.54) is 6.42 Å². The molecule has 3 rings (SSSR count). The van der Waals surface area contributed by atoms with Crippen LogP contribution < -0.4 is 5.73 Å². The first-order chi connectivity index (χ1) is 13.6. The Morgan fingerprint density at radius 2 is 1.72 bits per heavy atom. The molecule has 2 fully saturated rings. The highest BCUT2D eigenvalue weighted by Crippen LogP contribution is 2.31. The zero-order valence-electron chi connectivity index (χ0n) is 18.2. The third-order valence-electron chi connectivity index (χ3n) is 5.91. The van der Waals surface area contributed by atoms with E-state index in [9.17, 15) is 9.59 Å². The largest absolute Gasteiger partial charge is 0.444 e. The molecule has 0 aromatic heterocycles. The number of amides is 2. The van der Waals surface area contributed by atoms with Crippen LogP contribution in [0.25, 0.3) is 0 Å². The summed E-state index contributed by atoms with van der Waals surface area (Å²) in [6, 6.07) is 6.05. The van der Waals surface area contributed by atoms with Gasteiger partial charge in [0, 0.05) is 36.9 Å². The number of likely N-dealkylation sites (tertiary alicyclic amines) is 2. The molecular weight excluding hydrogens is 366 g/mol. The number of hydrogen-bond acceptors (Lipinski definition) is 4. The summed E-state index contributed by atoms with van der Waals surface area (Å²) in [6.45, 7) is 9.89. The summed E-state index contributed by atoms with van der Waals surface area (Å²) in [7, 11) is 0. The molecule has 6 nitrogen and oxygen atoms in total. The molecule has 1 atom stereocenters.